The van der Waals surface area contributed by atoms with E-state index in [1.165, 1.54) is 0 Å². The summed E-state index contributed by atoms with van der Waals surface area (Å²) in [6.45, 7) is 4.50. The minimum atomic E-state index is 1.12. The third-order valence-corrected chi connectivity index (χ3v) is 1.25. The maximum Gasteiger partial charge on any atom is 0.158 e. The highest BCUT2D eigenvalue weighted by Crippen LogP contribution is 1.90. The van der Waals surface area contributed by atoms with Gasteiger partial charge in [-0.25, -0.2) is 0 Å². The molecular formula is C5H12NO+. The second-order valence-electron chi connectivity index (χ2n) is 1.94. The highest BCUT2D eigenvalue weighted by Gasteiger charge is 2.06. The zero-order chi connectivity index (χ0) is 5.11. The van der Waals surface area contributed by atoms with Gasteiger partial charge >= 0.3 is 0 Å². The lowest BCUT2D eigenvalue weighted by molar-refractivity contribution is -0.110. The zero-order valence-corrected chi connectivity index (χ0v) is 4.74. The fraction of sp³-hybridized carbons (Fsp3) is 1.00. The highest BCUT2D eigenvalue weighted by atomic mass is 16.7. The van der Waals surface area contributed by atoms with Gasteiger partial charge in [-0.15, -0.1) is 0 Å². The smallest absolute Gasteiger partial charge is 0.158 e. The third-order valence-electron chi connectivity index (χ3n) is 1.25. The van der Waals surface area contributed by atoms with Crippen molar-refractivity contribution in [2.75, 3.05) is 33.4 Å². The second kappa shape index (κ2) is 2.28. The van der Waals surface area contributed by atoms with Crippen molar-refractivity contribution in [2.45, 2.75) is 0 Å². The van der Waals surface area contributed by atoms with Crippen LogP contribution in [-0.2, 0) is 4.37 Å². The van der Waals surface area contributed by atoms with Gasteiger partial charge in [0.15, 0.2) is 13.2 Å². The predicted molar refractivity (Wildman–Crippen MR) is 29.6 cm³/mol. The molecule has 0 aromatic heterocycles. The van der Waals surface area contributed by atoms with Crippen LogP contribution in [0.25, 0.3) is 0 Å². The van der Waals surface area contributed by atoms with Crippen molar-refractivity contribution in [1.29, 1.82) is 0 Å². The van der Waals surface area contributed by atoms with Crippen LogP contribution in [0.5, 0.6) is 0 Å². The van der Waals surface area contributed by atoms with Crippen molar-refractivity contribution >= 4 is 0 Å². The Kier molecular flexibility index (Phi) is 1.65. The van der Waals surface area contributed by atoms with E-state index in [4.69, 9.17) is 0 Å². The van der Waals surface area contributed by atoms with Crippen LogP contribution in [0.15, 0.2) is 0 Å². The van der Waals surface area contributed by atoms with Crippen molar-refractivity contribution in [2.24, 2.45) is 0 Å². The summed E-state index contributed by atoms with van der Waals surface area (Å²) in [5.74, 6) is 0. The minimum Gasteiger partial charge on any atom is -0.422 e. The number of hydrogen-bond acceptors (Lipinski definition) is 1. The van der Waals surface area contributed by atoms with E-state index < -0.39 is 0 Å². The van der Waals surface area contributed by atoms with Crippen LogP contribution in [-0.4, -0.2) is 33.4 Å². The molecule has 0 atom stereocenters. The Labute approximate surface area is 44.2 Å². The zero-order valence-electron chi connectivity index (χ0n) is 4.74. The maximum atomic E-state index is 3.25. The molecule has 0 aliphatic carbocycles. The van der Waals surface area contributed by atoms with Crippen LogP contribution in [0.2, 0.25) is 0 Å². The Hall–Kier alpha value is -0.0800. The second-order valence-corrected chi connectivity index (χ2v) is 1.94. The Morgan fingerprint density at radius 1 is 1.29 bits per heavy atom. The van der Waals surface area contributed by atoms with Crippen molar-refractivity contribution in [1.82, 2.24) is 5.32 Å². The Morgan fingerprint density at radius 2 is 1.86 bits per heavy atom. The molecule has 1 saturated heterocycles. The van der Waals surface area contributed by atoms with Crippen LogP contribution in [0, 0.1) is 0 Å². The van der Waals surface area contributed by atoms with Gasteiger partial charge in [0.05, 0.1) is 13.1 Å². The van der Waals surface area contributed by atoms with Crippen LogP contribution in [0.1, 0.15) is 0 Å². The normalized spacial score (nSPS) is 25.3. The summed E-state index contributed by atoms with van der Waals surface area (Å²) in [6, 6.07) is 0. The molecule has 0 spiro atoms. The summed E-state index contributed by atoms with van der Waals surface area (Å²) in [6.07, 6.45) is 0. The van der Waals surface area contributed by atoms with E-state index in [0.717, 1.165) is 26.3 Å². The van der Waals surface area contributed by atoms with Crippen molar-refractivity contribution < 1.29 is 4.37 Å². The van der Waals surface area contributed by atoms with Gasteiger partial charge in [-0.2, -0.15) is 0 Å². The van der Waals surface area contributed by atoms with Gasteiger partial charge in [0.2, 0.25) is 0 Å². The molecule has 0 aromatic carbocycles. The summed E-state index contributed by atoms with van der Waals surface area (Å²) in [5.41, 5.74) is 0. The van der Waals surface area contributed by atoms with Gasteiger partial charge in [-0.3, -0.25) is 0 Å². The first kappa shape index (κ1) is 5.06. The lowest BCUT2D eigenvalue weighted by Crippen LogP contribution is -2.36. The number of morpholine rings is 1. The van der Waals surface area contributed by atoms with Gasteiger partial charge in [-0.05, 0) is 0 Å². The summed E-state index contributed by atoms with van der Waals surface area (Å²) in [4.78, 5) is 0. The molecule has 1 N–H and O–H groups in total. The van der Waals surface area contributed by atoms with Crippen LogP contribution in [0.3, 0.4) is 0 Å². The molecule has 1 aliphatic rings. The number of rotatable bonds is 0. The minimum absolute atomic E-state index is 1.12. The van der Waals surface area contributed by atoms with Gasteiger partial charge in [0.25, 0.3) is 0 Å². The molecule has 2 heteroatoms. The van der Waals surface area contributed by atoms with Gasteiger partial charge in [0.1, 0.15) is 7.11 Å². The standard InChI is InChI=1S/C5H12NO/c1-7-4-2-6-3-5-7/h6H,2-5H2,1H3/q+1. The Bertz CT molecular complexity index is 50.0. The first-order chi connectivity index (χ1) is 3.39. The Balaban J connectivity index is 2.12. The molecule has 0 unspecified atom stereocenters. The molecule has 1 fully saturated rings. The van der Waals surface area contributed by atoms with Crippen LogP contribution < -0.4 is 5.32 Å². The summed E-state index contributed by atoms with van der Waals surface area (Å²) < 4.78 is 3.01. The lowest BCUT2D eigenvalue weighted by Gasteiger charge is -2.18. The third kappa shape index (κ3) is 1.45. The average molecular weight is 102 g/mol. The number of hydrogen-bond donors (Lipinski definition) is 1. The SMILES string of the molecule is C[O+]1CCNCC1. The molecule has 1 heterocycles. The summed E-state index contributed by atoms with van der Waals surface area (Å²) >= 11 is 0. The van der Waals surface area contributed by atoms with Gasteiger partial charge in [-0.1, -0.05) is 0 Å². The molecule has 0 saturated carbocycles. The first-order valence-corrected chi connectivity index (χ1v) is 2.69. The molecule has 1 aliphatic heterocycles. The quantitative estimate of drug-likeness (QED) is 0.417. The largest absolute Gasteiger partial charge is 0.422 e. The first-order valence-electron chi connectivity index (χ1n) is 2.69. The monoisotopic (exact) mass is 102 g/mol. The topological polar surface area (TPSA) is 14.7 Å². The molecule has 2 nitrogen and oxygen atoms in total. The van der Waals surface area contributed by atoms with Gasteiger partial charge < -0.3 is 9.68 Å². The fourth-order valence-electron chi connectivity index (χ4n) is 0.720. The molecule has 0 aromatic rings. The fourth-order valence-corrected chi connectivity index (χ4v) is 0.720. The molecule has 42 valence electrons. The molecule has 7 heavy (non-hydrogen) atoms. The Morgan fingerprint density at radius 3 is 2.14 bits per heavy atom. The van der Waals surface area contributed by atoms with Crippen LogP contribution in [0.4, 0.5) is 0 Å². The molecule has 0 bridgehead atoms. The maximum absolute atomic E-state index is 3.25. The van der Waals surface area contributed by atoms with E-state index in [-0.39, 0.29) is 0 Å². The van der Waals surface area contributed by atoms with E-state index in [9.17, 15) is 0 Å². The summed E-state index contributed by atoms with van der Waals surface area (Å²) in [5, 5.41) is 3.25. The molecule has 0 amide bonds. The predicted octanol–water partition coefficient (Wildman–Crippen LogP) is -0.228. The highest BCUT2D eigenvalue weighted by molar-refractivity contribution is 4.53. The summed E-state index contributed by atoms with van der Waals surface area (Å²) in [7, 11) is 2.07. The van der Waals surface area contributed by atoms with Crippen molar-refractivity contribution in [3.8, 4) is 0 Å². The van der Waals surface area contributed by atoms with E-state index in [1.807, 2.05) is 0 Å². The van der Waals surface area contributed by atoms with Crippen LogP contribution >= 0.6 is 0 Å². The van der Waals surface area contributed by atoms with E-state index in [2.05, 4.69) is 16.8 Å². The van der Waals surface area contributed by atoms with E-state index in [1.54, 1.807) is 0 Å². The van der Waals surface area contributed by atoms with Crippen molar-refractivity contribution in [3.05, 3.63) is 0 Å². The van der Waals surface area contributed by atoms with Gasteiger partial charge in [0, 0.05) is 0 Å². The molecular weight excluding hydrogens is 90.1 g/mol. The molecule has 1 rings (SSSR count). The lowest BCUT2D eigenvalue weighted by atomic mass is 10.5. The molecule has 0 radical (unpaired) electrons. The number of nitrogens with one attached hydrogen (secondary N) is 1. The van der Waals surface area contributed by atoms with E-state index >= 15 is 0 Å². The average Bonchev–Trinajstić information content (AvgIpc) is 1.69. The van der Waals surface area contributed by atoms with E-state index in [0.29, 0.717) is 0 Å². The van der Waals surface area contributed by atoms with Crippen molar-refractivity contribution in [3.63, 3.8) is 0 Å².